The molecule has 2 amide bonds. The van der Waals surface area contributed by atoms with Gasteiger partial charge in [-0.15, -0.1) is 0 Å². The number of rotatable bonds is 6. The Balaban J connectivity index is 1.49. The number of nitrogens with one attached hydrogen (secondary N) is 2. The van der Waals surface area contributed by atoms with E-state index in [0.29, 0.717) is 33.6 Å². The van der Waals surface area contributed by atoms with Crippen molar-refractivity contribution in [3.8, 4) is 0 Å². The maximum atomic E-state index is 13.2. The van der Waals surface area contributed by atoms with Crippen molar-refractivity contribution < 1.29 is 28.3 Å². The van der Waals surface area contributed by atoms with Crippen molar-refractivity contribution in [2.24, 2.45) is 0 Å². The normalized spacial score (nSPS) is 14.2. The number of ether oxygens (including phenoxy) is 1. The first kappa shape index (κ1) is 25.5. The van der Waals surface area contributed by atoms with Crippen LogP contribution in [0.1, 0.15) is 18.4 Å². The van der Waals surface area contributed by atoms with E-state index >= 15 is 0 Å². The van der Waals surface area contributed by atoms with Crippen molar-refractivity contribution in [1.29, 1.82) is 0 Å². The summed E-state index contributed by atoms with van der Waals surface area (Å²) in [5.74, 6) is -2.29. The van der Waals surface area contributed by atoms with Crippen molar-refractivity contribution >= 4 is 52.6 Å². The highest BCUT2D eigenvalue weighted by Gasteiger charge is 2.38. The second kappa shape index (κ2) is 11.0. The van der Waals surface area contributed by atoms with Crippen molar-refractivity contribution in [3.05, 3.63) is 100 Å². The Hall–Kier alpha value is -4.63. The summed E-state index contributed by atoms with van der Waals surface area (Å²) in [6.07, 6.45) is 1.51. The summed E-state index contributed by atoms with van der Waals surface area (Å²) in [4.78, 5) is 51.4. The van der Waals surface area contributed by atoms with E-state index in [1.807, 2.05) is 30.3 Å². The molecule has 0 fully saturated rings. The molecule has 0 atom stereocenters. The Morgan fingerprint density at radius 3 is 2.49 bits per heavy atom. The Bertz CT molecular complexity index is 1440. The van der Waals surface area contributed by atoms with E-state index in [-0.39, 0.29) is 17.8 Å². The molecule has 37 heavy (non-hydrogen) atoms. The van der Waals surface area contributed by atoms with Gasteiger partial charge in [0.25, 0.3) is 0 Å². The SMILES string of the molecule is COC(=O)C1=C(C)N(c2ccccc2)/C(=C/c2ccc(CNC(=O)C(=O)Nc3cccc(Cl)c3)o2)C1=O. The van der Waals surface area contributed by atoms with Gasteiger partial charge >= 0.3 is 17.8 Å². The van der Waals surface area contributed by atoms with Gasteiger partial charge in [-0.25, -0.2) is 4.79 Å². The monoisotopic (exact) mass is 519 g/mol. The van der Waals surface area contributed by atoms with Gasteiger partial charge in [-0.05, 0) is 49.4 Å². The van der Waals surface area contributed by atoms with E-state index in [1.165, 1.54) is 19.3 Å². The molecular formula is C27H22ClN3O6. The highest BCUT2D eigenvalue weighted by Crippen LogP contribution is 2.35. The fourth-order valence-electron chi connectivity index (χ4n) is 3.77. The smallest absolute Gasteiger partial charge is 0.343 e. The standard InChI is InChI=1S/C27H22ClN3O6/c1-16-23(27(35)36-2)24(32)22(31(16)19-9-4-3-5-10-19)14-20-11-12-21(37-20)15-29-25(33)26(34)30-18-8-6-7-17(28)13-18/h3-14H,15H2,1-2H3,(H,29,33)(H,30,34)/b22-14+. The van der Waals surface area contributed by atoms with Crippen molar-refractivity contribution in [2.45, 2.75) is 13.5 Å². The number of hydrogen-bond acceptors (Lipinski definition) is 7. The number of furan rings is 1. The summed E-state index contributed by atoms with van der Waals surface area (Å²) in [5.41, 5.74) is 1.64. The maximum Gasteiger partial charge on any atom is 0.343 e. The van der Waals surface area contributed by atoms with Crippen LogP contribution < -0.4 is 15.5 Å². The van der Waals surface area contributed by atoms with E-state index in [0.717, 1.165) is 0 Å². The minimum Gasteiger partial charge on any atom is -0.465 e. The fraction of sp³-hybridized carbons (Fsp3) is 0.111. The minimum atomic E-state index is -0.861. The number of ketones is 1. The first-order valence-corrected chi connectivity index (χ1v) is 11.5. The molecule has 0 aliphatic carbocycles. The number of hydrogen-bond donors (Lipinski definition) is 2. The molecule has 1 aliphatic rings. The third-order valence-electron chi connectivity index (χ3n) is 5.48. The summed E-state index contributed by atoms with van der Waals surface area (Å²) in [5, 5.41) is 5.36. The van der Waals surface area contributed by atoms with E-state index in [4.69, 9.17) is 20.8 Å². The molecule has 0 bridgehead atoms. The van der Waals surface area contributed by atoms with Crippen LogP contribution in [0.2, 0.25) is 5.02 Å². The molecule has 1 aliphatic heterocycles. The molecule has 3 aromatic rings. The summed E-state index contributed by atoms with van der Waals surface area (Å²) in [6.45, 7) is 1.60. The van der Waals surface area contributed by atoms with Gasteiger partial charge < -0.3 is 24.7 Å². The van der Waals surface area contributed by atoms with E-state index in [9.17, 15) is 19.2 Å². The Kier molecular flexibility index (Phi) is 7.55. The predicted octanol–water partition coefficient (Wildman–Crippen LogP) is 4.07. The lowest BCUT2D eigenvalue weighted by atomic mass is 10.1. The van der Waals surface area contributed by atoms with Crippen LogP contribution in [0.5, 0.6) is 0 Å². The average Bonchev–Trinajstić information content (AvgIpc) is 3.44. The summed E-state index contributed by atoms with van der Waals surface area (Å²) >= 11 is 5.89. The lowest BCUT2D eigenvalue weighted by Crippen LogP contribution is -2.34. The van der Waals surface area contributed by atoms with Crippen LogP contribution in [0.15, 0.2) is 88.1 Å². The molecule has 2 N–H and O–H groups in total. The Morgan fingerprint density at radius 2 is 1.78 bits per heavy atom. The van der Waals surface area contributed by atoms with Gasteiger partial charge in [0.15, 0.2) is 0 Å². The number of allylic oxidation sites excluding steroid dienone is 2. The quantitative estimate of drug-likeness (QED) is 0.218. The van der Waals surface area contributed by atoms with Crippen LogP contribution >= 0.6 is 11.6 Å². The molecule has 2 aromatic carbocycles. The van der Waals surface area contributed by atoms with Gasteiger partial charge in [-0.1, -0.05) is 35.9 Å². The van der Waals surface area contributed by atoms with Gasteiger partial charge in [0, 0.05) is 28.2 Å². The predicted molar refractivity (Wildman–Crippen MR) is 137 cm³/mol. The number of anilines is 2. The number of methoxy groups -OCH3 is 1. The summed E-state index contributed by atoms with van der Waals surface area (Å²) in [7, 11) is 1.22. The highest BCUT2D eigenvalue weighted by molar-refractivity contribution is 6.39. The lowest BCUT2D eigenvalue weighted by molar-refractivity contribution is -0.137. The molecule has 2 heterocycles. The van der Waals surface area contributed by atoms with Gasteiger partial charge in [-0.3, -0.25) is 14.4 Å². The number of amides is 2. The van der Waals surface area contributed by atoms with Crippen molar-refractivity contribution in [1.82, 2.24) is 5.32 Å². The topological polar surface area (TPSA) is 118 Å². The molecular weight excluding hydrogens is 498 g/mol. The molecule has 10 heteroatoms. The van der Waals surface area contributed by atoms with Crippen molar-refractivity contribution in [2.75, 3.05) is 17.3 Å². The minimum absolute atomic E-state index is 0.0635. The molecule has 4 rings (SSSR count). The number of benzene rings is 2. The lowest BCUT2D eigenvalue weighted by Gasteiger charge is -2.21. The fourth-order valence-corrected chi connectivity index (χ4v) is 3.96. The first-order chi connectivity index (χ1) is 17.8. The number of Topliss-reactive ketones (excluding diaryl/α,β-unsaturated/α-hetero) is 1. The molecule has 188 valence electrons. The molecule has 0 radical (unpaired) electrons. The molecule has 0 saturated carbocycles. The van der Waals surface area contributed by atoms with Crippen LogP contribution in [0.4, 0.5) is 11.4 Å². The van der Waals surface area contributed by atoms with Crippen LogP contribution in [0.3, 0.4) is 0 Å². The van der Waals surface area contributed by atoms with Crippen LogP contribution in [0.25, 0.3) is 6.08 Å². The molecule has 1 aromatic heterocycles. The Morgan fingerprint density at radius 1 is 1.03 bits per heavy atom. The molecule has 0 unspecified atom stereocenters. The van der Waals surface area contributed by atoms with Crippen LogP contribution in [-0.4, -0.2) is 30.7 Å². The number of carbonyl (C=O) groups excluding carboxylic acids is 4. The van der Waals surface area contributed by atoms with Crippen LogP contribution in [0, 0.1) is 0 Å². The zero-order valence-electron chi connectivity index (χ0n) is 19.9. The number of para-hydroxylation sites is 1. The number of nitrogens with zero attached hydrogens (tertiary/aromatic N) is 1. The summed E-state index contributed by atoms with van der Waals surface area (Å²) < 4.78 is 10.6. The van der Waals surface area contributed by atoms with Gasteiger partial charge in [-0.2, -0.15) is 0 Å². The van der Waals surface area contributed by atoms with Gasteiger partial charge in [0.1, 0.15) is 17.1 Å². The summed E-state index contributed by atoms with van der Waals surface area (Å²) in [6, 6.07) is 18.7. The van der Waals surface area contributed by atoms with E-state index < -0.39 is 23.6 Å². The second-order valence-corrected chi connectivity index (χ2v) is 8.37. The van der Waals surface area contributed by atoms with Crippen LogP contribution in [-0.2, 0) is 30.5 Å². The zero-order chi connectivity index (χ0) is 26.5. The second-order valence-electron chi connectivity index (χ2n) is 7.93. The average molecular weight is 520 g/mol. The van der Waals surface area contributed by atoms with Gasteiger partial charge in [0.2, 0.25) is 5.78 Å². The highest BCUT2D eigenvalue weighted by atomic mass is 35.5. The third-order valence-corrected chi connectivity index (χ3v) is 5.71. The number of halogens is 1. The van der Waals surface area contributed by atoms with E-state index in [2.05, 4.69) is 10.6 Å². The maximum absolute atomic E-state index is 13.2. The molecule has 9 nitrogen and oxygen atoms in total. The number of esters is 1. The largest absolute Gasteiger partial charge is 0.465 e. The first-order valence-electron chi connectivity index (χ1n) is 11.1. The Labute approximate surface area is 217 Å². The molecule has 0 spiro atoms. The molecule has 0 saturated heterocycles. The van der Waals surface area contributed by atoms with Crippen molar-refractivity contribution in [3.63, 3.8) is 0 Å². The zero-order valence-corrected chi connectivity index (χ0v) is 20.7. The third kappa shape index (κ3) is 5.62. The van der Waals surface area contributed by atoms with E-state index in [1.54, 1.807) is 42.2 Å². The van der Waals surface area contributed by atoms with Gasteiger partial charge in [0.05, 0.1) is 19.4 Å². The number of carbonyl (C=O) groups is 4.